The molecule has 1 atom stereocenters. The van der Waals surface area contributed by atoms with Crippen molar-refractivity contribution in [2.24, 2.45) is 25.1 Å². The first-order chi connectivity index (χ1) is 10.5. The molecule has 0 aliphatic carbocycles. The van der Waals surface area contributed by atoms with Gasteiger partial charge in [0.15, 0.2) is 11.9 Å². The SMILES string of the molecule is NS(=O)(=O)c1ccc(CCN=C2N=CNC3=NC=NC23)cc1. The van der Waals surface area contributed by atoms with Gasteiger partial charge in [-0.2, -0.15) is 0 Å². The lowest BCUT2D eigenvalue weighted by atomic mass is 10.1. The third kappa shape index (κ3) is 3.10. The largest absolute Gasteiger partial charge is 0.332 e. The number of nitrogens with one attached hydrogen (secondary N) is 1. The summed E-state index contributed by atoms with van der Waals surface area (Å²) in [5.74, 6) is 1.35. The number of benzene rings is 1. The number of rotatable bonds is 4. The lowest BCUT2D eigenvalue weighted by molar-refractivity contribution is 0.598. The minimum Gasteiger partial charge on any atom is -0.332 e. The molecule has 2 heterocycles. The summed E-state index contributed by atoms with van der Waals surface area (Å²) < 4.78 is 22.4. The van der Waals surface area contributed by atoms with Gasteiger partial charge in [0.1, 0.15) is 12.2 Å². The van der Waals surface area contributed by atoms with Crippen LogP contribution in [0.15, 0.2) is 49.1 Å². The van der Waals surface area contributed by atoms with Crippen molar-refractivity contribution in [3.8, 4) is 0 Å². The lowest BCUT2D eigenvalue weighted by Crippen LogP contribution is -2.40. The molecular formula is C13H14N6O2S. The van der Waals surface area contributed by atoms with Crippen LogP contribution >= 0.6 is 0 Å². The molecule has 1 unspecified atom stereocenters. The average molecular weight is 318 g/mol. The van der Waals surface area contributed by atoms with Gasteiger partial charge in [-0.1, -0.05) is 12.1 Å². The zero-order chi connectivity index (χ0) is 15.6. The summed E-state index contributed by atoms with van der Waals surface area (Å²) in [4.78, 5) is 17.0. The molecule has 0 saturated carbocycles. The second-order valence-corrected chi connectivity index (χ2v) is 6.32. The molecule has 0 aromatic heterocycles. The lowest BCUT2D eigenvalue weighted by Gasteiger charge is -2.14. The third-order valence-corrected chi connectivity index (χ3v) is 4.18. The Balaban J connectivity index is 1.65. The average Bonchev–Trinajstić information content (AvgIpc) is 2.96. The van der Waals surface area contributed by atoms with Gasteiger partial charge >= 0.3 is 0 Å². The molecule has 0 radical (unpaired) electrons. The molecule has 1 aromatic carbocycles. The minimum atomic E-state index is -3.65. The van der Waals surface area contributed by atoms with Gasteiger partial charge in [-0.25, -0.2) is 23.5 Å². The molecule has 2 aliphatic rings. The second kappa shape index (κ2) is 5.78. The molecule has 1 aromatic rings. The molecule has 3 N–H and O–H groups in total. The van der Waals surface area contributed by atoms with Gasteiger partial charge in [-0.15, -0.1) is 0 Å². The van der Waals surface area contributed by atoms with Gasteiger partial charge in [0.2, 0.25) is 10.0 Å². The first-order valence-electron chi connectivity index (χ1n) is 6.58. The number of amidine groups is 2. The van der Waals surface area contributed by atoms with Crippen LogP contribution in [0.5, 0.6) is 0 Å². The summed E-state index contributed by atoms with van der Waals surface area (Å²) in [5, 5.41) is 7.98. The van der Waals surface area contributed by atoms with Crippen molar-refractivity contribution in [3.63, 3.8) is 0 Å². The number of primary sulfonamides is 1. The summed E-state index contributed by atoms with van der Waals surface area (Å²) in [6, 6.07) is 6.20. The molecule has 9 heteroatoms. The fourth-order valence-corrected chi connectivity index (χ4v) is 2.63. The van der Waals surface area contributed by atoms with Gasteiger partial charge in [0.25, 0.3) is 0 Å². The van der Waals surface area contributed by atoms with E-state index in [1.165, 1.54) is 18.5 Å². The normalized spacial score (nSPS) is 21.6. The number of aliphatic imine (C=N–C) groups is 4. The second-order valence-electron chi connectivity index (χ2n) is 4.76. The van der Waals surface area contributed by atoms with Crippen molar-refractivity contribution in [2.75, 3.05) is 6.54 Å². The molecule has 0 saturated heterocycles. The first kappa shape index (κ1) is 14.5. The van der Waals surface area contributed by atoms with Crippen molar-refractivity contribution < 1.29 is 8.42 Å². The van der Waals surface area contributed by atoms with Crippen LogP contribution in [0.3, 0.4) is 0 Å². The fourth-order valence-electron chi connectivity index (χ4n) is 2.12. The molecule has 8 nitrogen and oxygen atoms in total. The Morgan fingerprint density at radius 3 is 2.77 bits per heavy atom. The minimum absolute atomic E-state index is 0.103. The highest BCUT2D eigenvalue weighted by Gasteiger charge is 2.25. The van der Waals surface area contributed by atoms with E-state index in [0.717, 1.165) is 11.4 Å². The maximum atomic E-state index is 11.2. The predicted octanol–water partition coefficient (Wildman–Crippen LogP) is -0.284. The van der Waals surface area contributed by atoms with Crippen molar-refractivity contribution in [1.29, 1.82) is 0 Å². The van der Waals surface area contributed by atoms with E-state index in [9.17, 15) is 8.42 Å². The van der Waals surface area contributed by atoms with Crippen LogP contribution < -0.4 is 10.5 Å². The molecule has 0 bridgehead atoms. The van der Waals surface area contributed by atoms with E-state index in [2.05, 4.69) is 25.3 Å². The summed E-state index contributed by atoms with van der Waals surface area (Å²) >= 11 is 0. The number of sulfonamides is 1. The van der Waals surface area contributed by atoms with Crippen molar-refractivity contribution in [2.45, 2.75) is 17.4 Å². The first-order valence-corrected chi connectivity index (χ1v) is 8.13. The van der Waals surface area contributed by atoms with Crippen LogP contribution in [0.1, 0.15) is 5.56 Å². The number of nitrogens with two attached hydrogens (primary N) is 1. The highest BCUT2D eigenvalue weighted by Crippen LogP contribution is 2.10. The molecule has 2 aliphatic heterocycles. The van der Waals surface area contributed by atoms with Crippen molar-refractivity contribution in [3.05, 3.63) is 29.8 Å². The number of nitrogens with zero attached hydrogens (tertiary/aromatic N) is 4. The molecular weight excluding hydrogens is 304 g/mol. The van der Waals surface area contributed by atoms with Crippen molar-refractivity contribution >= 4 is 34.4 Å². The zero-order valence-electron chi connectivity index (χ0n) is 11.5. The maximum absolute atomic E-state index is 11.2. The fraction of sp³-hybridized carbons (Fsp3) is 0.231. The van der Waals surface area contributed by atoms with E-state index in [0.29, 0.717) is 18.8 Å². The molecule has 3 rings (SSSR count). The Morgan fingerprint density at radius 1 is 1.27 bits per heavy atom. The summed E-state index contributed by atoms with van der Waals surface area (Å²) in [6.07, 6.45) is 3.70. The van der Waals surface area contributed by atoms with Crippen molar-refractivity contribution in [1.82, 2.24) is 5.32 Å². The van der Waals surface area contributed by atoms with Crippen LogP contribution in [0.2, 0.25) is 0 Å². The van der Waals surface area contributed by atoms with Gasteiger partial charge in [-0.3, -0.25) is 9.98 Å². The third-order valence-electron chi connectivity index (χ3n) is 3.25. The predicted molar refractivity (Wildman–Crippen MR) is 85.2 cm³/mol. The molecule has 0 fully saturated rings. The van der Waals surface area contributed by atoms with E-state index >= 15 is 0 Å². The molecule has 114 valence electrons. The van der Waals surface area contributed by atoms with E-state index < -0.39 is 10.0 Å². The Hall–Kier alpha value is -2.39. The molecule has 0 amide bonds. The van der Waals surface area contributed by atoms with Crippen LogP contribution in [-0.2, 0) is 16.4 Å². The molecule has 0 spiro atoms. The highest BCUT2D eigenvalue weighted by molar-refractivity contribution is 7.89. The monoisotopic (exact) mass is 318 g/mol. The summed E-state index contributed by atoms with van der Waals surface area (Å²) in [6.45, 7) is 0.528. The number of hydrogen-bond donors (Lipinski definition) is 2. The van der Waals surface area contributed by atoms with E-state index in [-0.39, 0.29) is 10.9 Å². The quantitative estimate of drug-likeness (QED) is 0.793. The van der Waals surface area contributed by atoms with E-state index in [1.54, 1.807) is 18.5 Å². The van der Waals surface area contributed by atoms with E-state index in [1.807, 2.05) is 0 Å². The Morgan fingerprint density at radius 2 is 2.05 bits per heavy atom. The topological polar surface area (TPSA) is 122 Å². The van der Waals surface area contributed by atoms with E-state index in [4.69, 9.17) is 5.14 Å². The van der Waals surface area contributed by atoms with Crippen LogP contribution in [-0.4, -0.2) is 45.4 Å². The van der Waals surface area contributed by atoms with Gasteiger partial charge in [-0.05, 0) is 24.1 Å². The number of fused-ring (bicyclic) bond motifs is 1. The van der Waals surface area contributed by atoms with Crippen LogP contribution in [0.25, 0.3) is 0 Å². The number of hydrogen-bond acceptors (Lipinski definition) is 6. The van der Waals surface area contributed by atoms with Crippen LogP contribution in [0.4, 0.5) is 0 Å². The maximum Gasteiger partial charge on any atom is 0.238 e. The standard InChI is InChI=1S/C13H14N6O2S/c14-22(20,21)10-3-1-9(2-4-10)5-6-15-12-11-13(17-7-16-11)19-8-18-12/h1-4,7-8,11H,5-6H2,(H2,14,20,21)(H,15,16,17,18,19). The smallest absolute Gasteiger partial charge is 0.238 e. The van der Waals surface area contributed by atoms with Gasteiger partial charge in [0, 0.05) is 6.54 Å². The Labute approximate surface area is 127 Å². The summed E-state index contributed by atoms with van der Waals surface area (Å²) in [7, 11) is -3.65. The highest BCUT2D eigenvalue weighted by atomic mass is 32.2. The van der Waals surface area contributed by atoms with Crippen LogP contribution in [0, 0.1) is 0 Å². The van der Waals surface area contributed by atoms with Gasteiger partial charge < -0.3 is 5.32 Å². The Bertz CT molecular complexity index is 792. The Kier molecular flexibility index (Phi) is 3.82. The summed E-state index contributed by atoms with van der Waals surface area (Å²) in [5.41, 5.74) is 0.971. The van der Waals surface area contributed by atoms with Gasteiger partial charge in [0.05, 0.1) is 11.2 Å². The zero-order valence-corrected chi connectivity index (χ0v) is 12.4. The molecule has 22 heavy (non-hydrogen) atoms.